The van der Waals surface area contributed by atoms with Crippen LogP contribution in [0, 0.1) is 0 Å². The predicted octanol–water partition coefficient (Wildman–Crippen LogP) is 2.28. The second-order valence-corrected chi connectivity index (χ2v) is 2.76. The van der Waals surface area contributed by atoms with Crippen LogP contribution in [-0.4, -0.2) is 18.8 Å². The number of nitrogens with one attached hydrogen (secondary N) is 1. The van der Waals surface area contributed by atoms with Crippen LogP contribution in [0.3, 0.4) is 0 Å². The van der Waals surface area contributed by atoms with Gasteiger partial charge >= 0.3 is 0 Å². The number of hydrogen-bond donors (Lipinski definition) is 1. The number of hydrazone groups is 1. The van der Waals surface area contributed by atoms with E-state index in [0.717, 1.165) is 11.1 Å². The molecule has 0 radical (unpaired) electrons. The molecule has 4 nitrogen and oxygen atoms in total. The molecular formula is C11H16N4. The molecular weight excluding hydrogens is 188 g/mol. The Hall–Kier alpha value is -1.97. The molecule has 15 heavy (non-hydrogen) atoms. The molecule has 0 amide bonds. The molecule has 0 fully saturated rings. The van der Waals surface area contributed by atoms with E-state index in [-0.39, 0.29) is 0 Å². The molecule has 0 bridgehead atoms. The number of rotatable bonds is 6. The van der Waals surface area contributed by atoms with Gasteiger partial charge in [-0.3, -0.25) is 5.43 Å². The summed E-state index contributed by atoms with van der Waals surface area (Å²) in [4.78, 5) is 0. The van der Waals surface area contributed by atoms with Gasteiger partial charge in [-0.1, -0.05) is 30.9 Å². The molecule has 1 N–H and O–H groups in total. The van der Waals surface area contributed by atoms with Crippen molar-refractivity contribution in [3.8, 4) is 0 Å². The summed E-state index contributed by atoms with van der Waals surface area (Å²) in [5.41, 5.74) is 4.33. The van der Waals surface area contributed by atoms with E-state index < -0.39 is 0 Å². The average Bonchev–Trinajstić information content (AvgIpc) is 2.20. The van der Waals surface area contributed by atoms with Crippen LogP contribution in [0.4, 0.5) is 0 Å². The monoisotopic (exact) mass is 204 g/mol. The van der Waals surface area contributed by atoms with Crippen LogP contribution < -0.4 is 5.43 Å². The zero-order valence-electron chi connectivity index (χ0n) is 9.14. The van der Waals surface area contributed by atoms with Crippen LogP contribution in [-0.2, 0) is 0 Å². The Bertz CT molecular complexity index is 321. The third-order valence-corrected chi connectivity index (χ3v) is 1.18. The van der Waals surface area contributed by atoms with E-state index in [0.29, 0.717) is 0 Å². The molecule has 0 aromatic heterocycles. The Morgan fingerprint density at radius 3 is 2.53 bits per heavy atom. The fourth-order valence-corrected chi connectivity index (χ4v) is 0.572. The smallest absolute Gasteiger partial charge is 0.131 e. The van der Waals surface area contributed by atoms with E-state index >= 15 is 0 Å². The van der Waals surface area contributed by atoms with Gasteiger partial charge in [-0.15, -0.1) is 5.10 Å². The maximum absolute atomic E-state index is 3.84. The van der Waals surface area contributed by atoms with Crippen molar-refractivity contribution in [3.63, 3.8) is 0 Å². The highest BCUT2D eigenvalue weighted by Crippen LogP contribution is 1.94. The van der Waals surface area contributed by atoms with Gasteiger partial charge in [-0.25, -0.2) is 0 Å². The standard InChI is InChI=1S/C11H16N4/c1-5-12-14-9-15-13-8-11(4)7-6-10(2)3/h5-9H,2,4H2,1,3H3,(H,14,15)/b7-6-,12-5+,13-8-. The van der Waals surface area contributed by atoms with Crippen LogP contribution in [0.25, 0.3) is 0 Å². The van der Waals surface area contributed by atoms with E-state index in [1.165, 1.54) is 6.34 Å². The number of allylic oxidation sites excluding steroid dienone is 4. The van der Waals surface area contributed by atoms with Crippen molar-refractivity contribution in [3.05, 3.63) is 36.5 Å². The molecule has 0 heterocycles. The highest BCUT2D eigenvalue weighted by molar-refractivity contribution is 5.81. The first-order chi connectivity index (χ1) is 7.16. The molecule has 80 valence electrons. The van der Waals surface area contributed by atoms with Crippen LogP contribution in [0.15, 0.2) is 51.8 Å². The molecule has 0 spiro atoms. The molecule has 0 rings (SSSR count). The van der Waals surface area contributed by atoms with Gasteiger partial charge in [0.15, 0.2) is 0 Å². The largest absolute Gasteiger partial charge is 0.266 e. The molecule has 0 aromatic carbocycles. The van der Waals surface area contributed by atoms with Crippen LogP contribution in [0.1, 0.15) is 13.8 Å². The Morgan fingerprint density at radius 1 is 1.20 bits per heavy atom. The van der Waals surface area contributed by atoms with Crippen molar-refractivity contribution in [2.75, 3.05) is 0 Å². The summed E-state index contributed by atoms with van der Waals surface area (Å²) in [6, 6.07) is 0. The van der Waals surface area contributed by atoms with Gasteiger partial charge < -0.3 is 0 Å². The minimum Gasteiger partial charge on any atom is -0.266 e. The molecule has 0 saturated heterocycles. The van der Waals surface area contributed by atoms with Crippen LogP contribution in [0.5, 0.6) is 0 Å². The average molecular weight is 204 g/mol. The Labute approximate surface area is 90.5 Å². The molecule has 0 aliphatic rings. The second kappa shape index (κ2) is 8.62. The summed E-state index contributed by atoms with van der Waals surface area (Å²) in [6.07, 6.45) is 8.24. The van der Waals surface area contributed by atoms with E-state index in [1.807, 2.05) is 19.1 Å². The van der Waals surface area contributed by atoms with Gasteiger partial charge in [0.1, 0.15) is 6.34 Å². The molecule has 0 aliphatic heterocycles. The van der Waals surface area contributed by atoms with Gasteiger partial charge in [0.2, 0.25) is 0 Å². The van der Waals surface area contributed by atoms with E-state index in [4.69, 9.17) is 0 Å². The first-order valence-corrected chi connectivity index (χ1v) is 4.47. The minimum atomic E-state index is 0.776. The highest BCUT2D eigenvalue weighted by Gasteiger charge is 1.80. The molecule has 0 aliphatic carbocycles. The third-order valence-electron chi connectivity index (χ3n) is 1.18. The third kappa shape index (κ3) is 9.95. The van der Waals surface area contributed by atoms with Crippen molar-refractivity contribution in [2.24, 2.45) is 15.3 Å². The zero-order valence-corrected chi connectivity index (χ0v) is 9.14. The van der Waals surface area contributed by atoms with Crippen molar-refractivity contribution in [1.82, 2.24) is 5.43 Å². The maximum Gasteiger partial charge on any atom is 0.131 e. The first kappa shape index (κ1) is 13.0. The highest BCUT2D eigenvalue weighted by atomic mass is 15.3. The lowest BCUT2D eigenvalue weighted by molar-refractivity contribution is 1.04. The van der Waals surface area contributed by atoms with Gasteiger partial charge in [-0.2, -0.15) is 10.2 Å². The number of nitrogens with zero attached hydrogens (tertiary/aromatic N) is 3. The lowest BCUT2D eigenvalue weighted by atomic mass is 10.2. The SMILES string of the molecule is C=C(C)/C=C\C(=C)/C=N\N/C=N/N=C/C. The normalized spacial score (nSPS) is 12.1. The summed E-state index contributed by atoms with van der Waals surface area (Å²) in [7, 11) is 0. The van der Waals surface area contributed by atoms with E-state index in [9.17, 15) is 0 Å². The maximum atomic E-state index is 3.84. The minimum absolute atomic E-state index is 0.776. The summed E-state index contributed by atoms with van der Waals surface area (Å²) < 4.78 is 0. The first-order valence-electron chi connectivity index (χ1n) is 4.47. The summed E-state index contributed by atoms with van der Waals surface area (Å²) in [5, 5.41) is 11.1. The van der Waals surface area contributed by atoms with Crippen LogP contribution >= 0.6 is 0 Å². The molecule has 4 heteroatoms. The second-order valence-electron chi connectivity index (χ2n) is 2.76. The molecule has 0 unspecified atom stereocenters. The number of hydrogen-bond acceptors (Lipinski definition) is 3. The molecule has 0 aromatic rings. The van der Waals surface area contributed by atoms with E-state index in [1.54, 1.807) is 19.4 Å². The summed E-state index contributed by atoms with van der Waals surface area (Å²) >= 11 is 0. The zero-order chi connectivity index (χ0) is 11.5. The fourth-order valence-electron chi connectivity index (χ4n) is 0.572. The fraction of sp³-hybridized carbons (Fsp3) is 0.182. The van der Waals surface area contributed by atoms with Crippen molar-refractivity contribution in [1.29, 1.82) is 0 Å². The lowest BCUT2D eigenvalue weighted by Crippen LogP contribution is -2.00. The topological polar surface area (TPSA) is 49.1 Å². The predicted molar refractivity (Wildman–Crippen MR) is 67.4 cm³/mol. The van der Waals surface area contributed by atoms with Gasteiger partial charge in [-0.05, 0) is 19.4 Å². The molecule has 0 saturated carbocycles. The van der Waals surface area contributed by atoms with Crippen LogP contribution in [0.2, 0.25) is 0 Å². The van der Waals surface area contributed by atoms with Gasteiger partial charge in [0, 0.05) is 6.21 Å². The van der Waals surface area contributed by atoms with E-state index in [2.05, 4.69) is 33.9 Å². The van der Waals surface area contributed by atoms with Crippen molar-refractivity contribution in [2.45, 2.75) is 13.8 Å². The quantitative estimate of drug-likeness (QED) is 0.307. The molecule has 0 atom stereocenters. The Balaban J connectivity index is 3.87. The Morgan fingerprint density at radius 2 is 1.93 bits per heavy atom. The van der Waals surface area contributed by atoms with Crippen molar-refractivity contribution >= 4 is 18.8 Å². The summed E-state index contributed by atoms with van der Waals surface area (Å²) in [5.74, 6) is 0. The summed E-state index contributed by atoms with van der Waals surface area (Å²) in [6.45, 7) is 11.2. The van der Waals surface area contributed by atoms with Gasteiger partial charge in [0.25, 0.3) is 0 Å². The van der Waals surface area contributed by atoms with Gasteiger partial charge in [0.05, 0.1) is 6.21 Å². The lowest BCUT2D eigenvalue weighted by Gasteiger charge is -1.90. The Kier molecular flexibility index (Phi) is 7.49. The van der Waals surface area contributed by atoms with Crippen molar-refractivity contribution < 1.29 is 0 Å².